The number of rotatable bonds is 4. The van der Waals surface area contributed by atoms with Crippen molar-refractivity contribution in [1.29, 1.82) is 5.26 Å². The minimum Gasteiger partial charge on any atom is -0.268 e. The van der Waals surface area contributed by atoms with Gasteiger partial charge in [0.15, 0.2) is 5.16 Å². The summed E-state index contributed by atoms with van der Waals surface area (Å²) >= 11 is 7.30. The molecule has 7 heteroatoms. The van der Waals surface area contributed by atoms with Crippen LogP contribution in [-0.2, 0) is 5.75 Å². The molecule has 0 saturated heterocycles. The Morgan fingerprint density at radius 2 is 1.93 bits per heavy atom. The van der Waals surface area contributed by atoms with Crippen LogP contribution in [0.15, 0.2) is 76.7 Å². The maximum atomic E-state index is 13.6. The molecule has 0 fully saturated rings. The van der Waals surface area contributed by atoms with E-state index in [1.807, 2.05) is 18.2 Å². The predicted octanol–water partition coefficient (Wildman–Crippen LogP) is 5.34. The topological polar surface area (TPSA) is 58.7 Å². The number of hydrogen-bond acceptors (Lipinski definition) is 4. The largest absolute Gasteiger partial charge is 0.268 e. The van der Waals surface area contributed by atoms with E-state index in [1.165, 1.54) is 34.5 Å². The van der Waals surface area contributed by atoms with Crippen LogP contribution in [0.25, 0.3) is 16.6 Å². The Morgan fingerprint density at radius 1 is 1.10 bits per heavy atom. The lowest BCUT2D eigenvalue weighted by Crippen LogP contribution is -2.21. The van der Waals surface area contributed by atoms with Gasteiger partial charge in [-0.15, -0.1) is 0 Å². The fourth-order valence-electron chi connectivity index (χ4n) is 2.94. The summed E-state index contributed by atoms with van der Waals surface area (Å²) in [5.74, 6) is -0.0466. The molecule has 1 aromatic heterocycles. The number of fused-ring (bicyclic) bond motifs is 1. The number of hydrogen-bond donors (Lipinski definition) is 0. The lowest BCUT2D eigenvalue weighted by molar-refractivity contribution is 0.627. The number of para-hydroxylation sites is 1. The van der Waals surface area contributed by atoms with Gasteiger partial charge in [-0.1, -0.05) is 47.6 Å². The van der Waals surface area contributed by atoms with Crippen molar-refractivity contribution in [2.24, 2.45) is 0 Å². The Balaban J connectivity index is 1.84. The van der Waals surface area contributed by atoms with Crippen molar-refractivity contribution in [2.45, 2.75) is 10.9 Å². The van der Waals surface area contributed by atoms with Crippen LogP contribution in [0.1, 0.15) is 11.1 Å². The standard InChI is InChI=1S/C22H13ClFN3OS/c23-18-11-16(8-9-19(18)24)27-21(28)17-6-1-2-7-20(17)26-22(27)29-13-15-5-3-4-14(10-15)12-25/h1-11H,13H2. The van der Waals surface area contributed by atoms with E-state index >= 15 is 0 Å². The van der Waals surface area contributed by atoms with Crippen molar-refractivity contribution in [1.82, 2.24) is 9.55 Å². The number of halogens is 2. The van der Waals surface area contributed by atoms with Crippen LogP contribution in [0.4, 0.5) is 4.39 Å². The molecule has 0 unspecified atom stereocenters. The minimum absolute atomic E-state index is 0.0692. The number of aromatic nitrogens is 2. The van der Waals surface area contributed by atoms with Crippen LogP contribution in [0, 0.1) is 17.1 Å². The summed E-state index contributed by atoms with van der Waals surface area (Å²) in [5.41, 5.74) is 2.26. The number of thioether (sulfide) groups is 1. The molecule has 0 atom stereocenters. The number of nitrogens with zero attached hydrogens (tertiary/aromatic N) is 3. The number of nitriles is 1. The summed E-state index contributed by atoms with van der Waals surface area (Å²) in [5, 5.41) is 9.94. The van der Waals surface area contributed by atoms with Crippen LogP contribution in [0.3, 0.4) is 0 Å². The van der Waals surface area contributed by atoms with Gasteiger partial charge in [0.2, 0.25) is 0 Å². The Hall–Kier alpha value is -3.14. The lowest BCUT2D eigenvalue weighted by Gasteiger charge is -2.14. The van der Waals surface area contributed by atoms with E-state index < -0.39 is 5.82 Å². The first-order valence-corrected chi connectivity index (χ1v) is 10.0. The Kier molecular flexibility index (Phi) is 5.34. The van der Waals surface area contributed by atoms with E-state index in [4.69, 9.17) is 16.9 Å². The van der Waals surface area contributed by atoms with Gasteiger partial charge in [0, 0.05) is 5.75 Å². The maximum absolute atomic E-state index is 13.6. The first kappa shape index (κ1) is 19.2. The molecule has 142 valence electrons. The van der Waals surface area contributed by atoms with Crippen molar-refractivity contribution in [2.75, 3.05) is 0 Å². The second-order valence-electron chi connectivity index (χ2n) is 6.25. The molecule has 0 radical (unpaired) electrons. The normalized spacial score (nSPS) is 10.8. The summed E-state index contributed by atoms with van der Waals surface area (Å²) in [4.78, 5) is 17.8. The van der Waals surface area contributed by atoms with Gasteiger partial charge >= 0.3 is 0 Å². The smallest absolute Gasteiger partial charge is 0.266 e. The monoisotopic (exact) mass is 421 g/mol. The van der Waals surface area contributed by atoms with Crippen LogP contribution in [0.5, 0.6) is 0 Å². The molecule has 1 heterocycles. The predicted molar refractivity (Wildman–Crippen MR) is 113 cm³/mol. The summed E-state index contributed by atoms with van der Waals surface area (Å²) in [7, 11) is 0. The Morgan fingerprint density at radius 3 is 2.72 bits per heavy atom. The second-order valence-corrected chi connectivity index (χ2v) is 7.60. The molecule has 29 heavy (non-hydrogen) atoms. The molecule has 0 aliphatic heterocycles. The van der Waals surface area contributed by atoms with E-state index in [0.29, 0.717) is 33.1 Å². The summed E-state index contributed by atoms with van der Waals surface area (Å²) in [6, 6.07) is 20.6. The molecule has 0 aliphatic rings. The Labute approximate surface area is 175 Å². The third kappa shape index (κ3) is 3.88. The fourth-order valence-corrected chi connectivity index (χ4v) is 4.07. The molecule has 4 nitrogen and oxygen atoms in total. The Bertz CT molecular complexity index is 1330. The first-order valence-electron chi connectivity index (χ1n) is 8.66. The fraction of sp³-hybridized carbons (Fsp3) is 0.0455. The summed E-state index contributed by atoms with van der Waals surface area (Å²) in [6.45, 7) is 0. The van der Waals surface area contributed by atoms with Crippen molar-refractivity contribution >= 4 is 34.3 Å². The van der Waals surface area contributed by atoms with Crippen LogP contribution < -0.4 is 5.56 Å². The quantitative estimate of drug-likeness (QED) is 0.329. The van der Waals surface area contributed by atoms with E-state index in [-0.39, 0.29) is 10.6 Å². The molecule has 0 N–H and O–H groups in total. The average molecular weight is 422 g/mol. The van der Waals surface area contributed by atoms with Crippen molar-refractivity contribution in [3.63, 3.8) is 0 Å². The van der Waals surface area contributed by atoms with Crippen LogP contribution in [-0.4, -0.2) is 9.55 Å². The van der Waals surface area contributed by atoms with Gasteiger partial charge in [0.05, 0.1) is 33.2 Å². The molecule has 0 saturated carbocycles. The molecule has 0 spiro atoms. The molecule has 0 bridgehead atoms. The third-order valence-electron chi connectivity index (χ3n) is 4.33. The summed E-state index contributed by atoms with van der Waals surface area (Å²) < 4.78 is 15.1. The van der Waals surface area contributed by atoms with Gasteiger partial charge in [-0.25, -0.2) is 9.37 Å². The zero-order valence-corrected chi connectivity index (χ0v) is 16.5. The van der Waals surface area contributed by atoms with E-state index in [2.05, 4.69) is 11.1 Å². The molecule has 0 aliphatic carbocycles. The molecule has 4 aromatic rings. The molecule has 3 aromatic carbocycles. The zero-order chi connectivity index (χ0) is 20.4. The highest BCUT2D eigenvalue weighted by Crippen LogP contribution is 2.26. The van der Waals surface area contributed by atoms with Crippen LogP contribution >= 0.6 is 23.4 Å². The van der Waals surface area contributed by atoms with E-state index in [9.17, 15) is 9.18 Å². The van der Waals surface area contributed by atoms with Gasteiger partial charge in [0.25, 0.3) is 5.56 Å². The van der Waals surface area contributed by atoms with Gasteiger partial charge in [0.1, 0.15) is 5.82 Å². The highest BCUT2D eigenvalue weighted by atomic mass is 35.5. The van der Waals surface area contributed by atoms with Gasteiger partial charge in [-0.3, -0.25) is 9.36 Å². The van der Waals surface area contributed by atoms with E-state index in [0.717, 1.165) is 5.56 Å². The van der Waals surface area contributed by atoms with Crippen LogP contribution in [0.2, 0.25) is 5.02 Å². The zero-order valence-electron chi connectivity index (χ0n) is 15.0. The van der Waals surface area contributed by atoms with Crippen molar-refractivity contribution < 1.29 is 4.39 Å². The van der Waals surface area contributed by atoms with Gasteiger partial charge in [-0.05, 0) is 48.0 Å². The van der Waals surface area contributed by atoms with E-state index in [1.54, 1.807) is 30.3 Å². The molecule has 0 amide bonds. The molecular formula is C22H13ClFN3OS. The molecular weight excluding hydrogens is 409 g/mol. The highest BCUT2D eigenvalue weighted by Gasteiger charge is 2.15. The van der Waals surface area contributed by atoms with Gasteiger partial charge < -0.3 is 0 Å². The second kappa shape index (κ2) is 8.08. The lowest BCUT2D eigenvalue weighted by atomic mass is 10.2. The van der Waals surface area contributed by atoms with Crippen molar-refractivity contribution in [3.8, 4) is 11.8 Å². The first-order chi connectivity index (χ1) is 14.1. The minimum atomic E-state index is -0.556. The third-order valence-corrected chi connectivity index (χ3v) is 5.63. The van der Waals surface area contributed by atoms with Crippen molar-refractivity contribution in [3.05, 3.63) is 99.1 Å². The maximum Gasteiger partial charge on any atom is 0.266 e. The van der Waals surface area contributed by atoms with Gasteiger partial charge in [-0.2, -0.15) is 5.26 Å². The average Bonchev–Trinajstić information content (AvgIpc) is 2.74. The molecule has 4 rings (SSSR count). The number of benzene rings is 3. The summed E-state index contributed by atoms with van der Waals surface area (Å²) in [6.07, 6.45) is 0. The SMILES string of the molecule is N#Cc1cccc(CSc2nc3ccccc3c(=O)n2-c2ccc(F)c(Cl)c2)c1. The highest BCUT2D eigenvalue weighted by molar-refractivity contribution is 7.98.